The van der Waals surface area contributed by atoms with E-state index in [4.69, 9.17) is 4.74 Å². The third-order valence-electron chi connectivity index (χ3n) is 5.91. The van der Waals surface area contributed by atoms with Gasteiger partial charge in [-0.15, -0.1) is 0 Å². The summed E-state index contributed by atoms with van der Waals surface area (Å²) >= 11 is 0. The molecule has 0 spiro atoms. The van der Waals surface area contributed by atoms with Gasteiger partial charge in [0.05, 0.1) is 12.8 Å². The number of carbonyl (C=O) groups excluding carboxylic acids is 1. The Kier molecular flexibility index (Phi) is 5.81. The second kappa shape index (κ2) is 8.65. The predicted octanol–water partition coefficient (Wildman–Crippen LogP) is 2.79. The van der Waals surface area contributed by atoms with Crippen molar-refractivity contribution >= 4 is 11.6 Å². The Morgan fingerprint density at radius 1 is 0.929 bits per heavy atom. The van der Waals surface area contributed by atoms with Crippen molar-refractivity contribution in [2.75, 3.05) is 51.3 Å². The number of fused-ring (bicyclic) bond motifs is 1. The number of nitrogens with zero attached hydrogens (tertiary/aromatic N) is 3. The van der Waals surface area contributed by atoms with E-state index in [0.717, 1.165) is 63.7 Å². The number of hydrogen-bond donors (Lipinski definition) is 0. The van der Waals surface area contributed by atoms with Crippen LogP contribution in [0.25, 0.3) is 0 Å². The van der Waals surface area contributed by atoms with Gasteiger partial charge in [-0.05, 0) is 29.7 Å². The van der Waals surface area contributed by atoms with Crippen LogP contribution < -0.4 is 9.64 Å². The van der Waals surface area contributed by atoms with Crippen LogP contribution in [-0.4, -0.2) is 62.1 Å². The number of anilines is 1. The first-order chi connectivity index (χ1) is 13.7. The number of methoxy groups -OCH3 is 1. The molecule has 1 amide bonds. The van der Waals surface area contributed by atoms with Gasteiger partial charge in [-0.3, -0.25) is 9.69 Å². The molecule has 1 fully saturated rings. The predicted molar refractivity (Wildman–Crippen MR) is 112 cm³/mol. The Hall–Kier alpha value is -2.53. The highest BCUT2D eigenvalue weighted by molar-refractivity contribution is 5.76. The Balaban J connectivity index is 1.26. The van der Waals surface area contributed by atoms with Crippen LogP contribution >= 0.6 is 0 Å². The SMILES string of the molecule is COc1ccccc1N1CCN(C(=O)CCN2CCc3ccccc3C2)CC1. The molecule has 0 saturated carbocycles. The summed E-state index contributed by atoms with van der Waals surface area (Å²) in [5, 5.41) is 0. The number of para-hydroxylation sites is 2. The lowest BCUT2D eigenvalue weighted by Crippen LogP contribution is -2.49. The van der Waals surface area contributed by atoms with Crippen molar-refractivity contribution in [2.24, 2.45) is 0 Å². The molecule has 4 rings (SSSR count). The molecule has 2 heterocycles. The number of hydrogen-bond acceptors (Lipinski definition) is 4. The quantitative estimate of drug-likeness (QED) is 0.800. The first-order valence-corrected chi connectivity index (χ1v) is 10.2. The minimum Gasteiger partial charge on any atom is -0.495 e. The van der Waals surface area contributed by atoms with Crippen LogP contribution in [0.15, 0.2) is 48.5 Å². The molecule has 28 heavy (non-hydrogen) atoms. The minimum absolute atomic E-state index is 0.276. The third-order valence-corrected chi connectivity index (χ3v) is 5.91. The summed E-state index contributed by atoms with van der Waals surface area (Å²) < 4.78 is 5.48. The third kappa shape index (κ3) is 4.14. The van der Waals surface area contributed by atoms with Gasteiger partial charge in [0.2, 0.25) is 5.91 Å². The van der Waals surface area contributed by atoms with Crippen molar-refractivity contribution < 1.29 is 9.53 Å². The lowest BCUT2D eigenvalue weighted by molar-refractivity contribution is -0.131. The monoisotopic (exact) mass is 379 g/mol. The fraction of sp³-hybridized carbons (Fsp3) is 0.435. The van der Waals surface area contributed by atoms with Crippen molar-refractivity contribution in [2.45, 2.75) is 19.4 Å². The highest BCUT2D eigenvalue weighted by atomic mass is 16.5. The fourth-order valence-corrected chi connectivity index (χ4v) is 4.24. The average Bonchev–Trinajstić information content (AvgIpc) is 2.77. The fourth-order valence-electron chi connectivity index (χ4n) is 4.24. The maximum absolute atomic E-state index is 12.7. The molecule has 0 radical (unpaired) electrons. The second-order valence-corrected chi connectivity index (χ2v) is 7.58. The summed E-state index contributed by atoms with van der Waals surface area (Å²) in [6.45, 7) is 6.11. The van der Waals surface area contributed by atoms with E-state index in [1.54, 1.807) is 7.11 Å². The maximum Gasteiger partial charge on any atom is 0.223 e. The average molecular weight is 380 g/mol. The largest absolute Gasteiger partial charge is 0.495 e. The van der Waals surface area contributed by atoms with Gasteiger partial charge in [0.1, 0.15) is 5.75 Å². The van der Waals surface area contributed by atoms with Crippen LogP contribution in [0.5, 0.6) is 5.75 Å². The van der Waals surface area contributed by atoms with Crippen molar-refractivity contribution in [1.82, 2.24) is 9.80 Å². The summed E-state index contributed by atoms with van der Waals surface area (Å²) in [5.41, 5.74) is 3.98. The molecule has 2 aliphatic rings. The van der Waals surface area contributed by atoms with Gasteiger partial charge in [0, 0.05) is 52.2 Å². The molecule has 2 aliphatic heterocycles. The van der Waals surface area contributed by atoms with Gasteiger partial charge < -0.3 is 14.5 Å². The molecule has 1 saturated heterocycles. The molecule has 0 bridgehead atoms. The zero-order valence-electron chi connectivity index (χ0n) is 16.6. The number of piperazine rings is 1. The van der Waals surface area contributed by atoms with Crippen molar-refractivity contribution in [1.29, 1.82) is 0 Å². The standard InChI is InChI=1S/C23H29N3O2/c1-28-22-9-5-4-8-21(22)25-14-16-26(17-15-25)23(27)11-13-24-12-10-19-6-2-3-7-20(19)18-24/h2-9H,10-18H2,1H3. The van der Waals surface area contributed by atoms with E-state index in [-0.39, 0.29) is 5.91 Å². The number of ether oxygens (including phenoxy) is 1. The normalized spacial score (nSPS) is 17.3. The van der Waals surface area contributed by atoms with Gasteiger partial charge >= 0.3 is 0 Å². The van der Waals surface area contributed by atoms with E-state index in [0.29, 0.717) is 6.42 Å². The molecule has 0 unspecified atom stereocenters. The minimum atomic E-state index is 0.276. The summed E-state index contributed by atoms with van der Waals surface area (Å²) in [4.78, 5) is 19.4. The lowest BCUT2D eigenvalue weighted by atomic mass is 10.00. The second-order valence-electron chi connectivity index (χ2n) is 7.58. The van der Waals surface area contributed by atoms with Crippen LogP contribution in [0.1, 0.15) is 17.5 Å². The van der Waals surface area contributed by atoms with Crippen molar-refractivity contribution in [3.63, 3.8) is 0 Å². The number of carbonyl (C=O) groups is 1. The molecule has 2 aromatic carbocycles. The van der Waals surface area contributed by atoms with Crippen LogP contribution in [0, 0.1) is 0 Å². The van der Waals surface area contributed by atoms with Crippen LogP contribution in [0.3, 0.4) is 0 Å². The van der Waals surface area contributed by atoms with Crippen LogP contribution in [-0.2, 0) is 17.8 Å². The van der Waals surface area contributed by atoms with E-state index < -0.39 is 0 Å². The summed E-state index contributed by atoms with van der Waals surface area (Å²) in [7, 11) is 1.71. The van der Waals surface area contributed by atoms with Crippen molar-refractivity contribution in [3.05, 3.63) is 59.7 Å². The molecular weight excluding hydrogens is 350 g/mol. The smallest absolute Gasteiger partial charge is 0.223 e. The molecule has 5 heteroatoms. The van der Waals surface area contributed by atoms with Gasteiger partial charge in [0.25, 0.3) is 0 Å². The van der Waals surface area contributed by atoms with Gasteiger partial charge in [-0.1, -0.05) is 36.4 Å². The highest BCUT2D eigenvalue weighted by Gasteiger charge is 2.23. The van der Waals surface area contributed by atoms with E-state index >= 15 is 0 Å². The van der Waals surface area contributed by atoms with Crippen molar-refractivity contribution in [3.8, 4) is 5.75 Å². The van der Waals surface area contributed by atoms with Gasteiger partial charge in [-0.2, -0.15) is 0 Å². The lowest BCUT2D eigenvalue weighted by Gasteiger charge is -2.37. The van der Waals surface area contributed by atoms with Crippen LogP contribution in [0.4, 0.5) is 5.69 Å². The zero-order valence-corrected chi connectivity index (χ0v) is 16.6. The molecule has 0 aromatic heterocycles. The maximum atomic E-state index is 12.7. The zero-order chi connectivity index (χ0) is 19.3. The number of rotatable bonds is 5. The Morgan fingerprint density at radius 2 is 1.64 bits per heavy atom. The Bertz CT molecular complexity index is 815. The van der Waals surface area contributed by atoms with E-state index in [9.17, 15) is 4.79 Å². The molecule has 5 nitrogen and oxygen atoms in total. The Labute approximate surface area is 167 Å². The van der Waals surface area contributed by atoms with E-state index in [2.05, 4.69) is 40.1 Å². The van der Waals surface area contributed by atoms with Gasteiger partial charge in [-0.25, -0.2) is 0 Å². The molecule has 0 N–H and O–H groups in total. The first-order valence-electron chi connectivity index (χ1n) is 10.2. The number of amides is 1. The topological polar surface area (TPSA) is 36.0 Å². The Morgan fingerprint density at radius 3 is 2.43 bits per heavy atom. The summed E-state index contributed by atoms with van der Waals surface area (Å²) in [6.07, 6.45) is 1.69. The van der Waals surface area contributed by atoms with E-state index in [1.807, 2.05) is 23.1 Å². The molecule has 148 valence electrons. The van der Waals surface area contributed by atoms with Crippen LogP contribution in [0.2, 0.25) is 0 Å². The molecule has 0 aliphatic carbocycles. The molecular formula is C23H29N3O2. The highest BCUT2D eigenvalue weighted by Crippen LogP contribution is 2.28. The summed E-state index contributed by atoms with van der Waals surface area (Å²) in [6, 6.07) is 16.7. The summed E-state index contributed by atoms with van der Waals surface area (Å²) in [5.74, 6) is 1.17. The molecule has 2 aromatic rings. The first kappa shape index (κ1) is 18.8. The number of benzene rings is 2. The molecule has 0 atom stereocenters. The van der Waals surface area contributed by atoms with E-state index in [1.165, 1.54) is 11.1 Å². The van der Waals surface area contributed by atoms with Gasteiger partial charge in [0.15, 0.2) is 0 Å².